The normalized spacial score (nSPS) is 13.1. The molecule has 0 aliphatic heterocycles. The molecule has 0 saturated heterocycles. The minimum atomic E-state index is 0.517. The molecule has 0 saturated carbocycles. The van der Waals surface area contributed by atoms with Gasteiger partial charge in [-0.15, -0.1) is 0 Å². The maximum absolute atomic E-state index is 5.45. The first-order valence-electron chi connectivity index (χ1n) is 6.69. The van der Waals surface area contributed by atoms with Crippen molar-refractivity contribution in [1.29, 1.82) is 0 Å². The Hall–Kier alpha value is -0.580. The van der Waals surface area contributed by atoms with E-state index in [9.17, 15) is 0 Å². The first kappa shape index (κ1) is 16.5. The zero-order chi connectivity index (χ0) is 14.4. The summed E-state index contributed by atoms with van der Waals surface area (Å²) in [5, 5.41) is 0. The fourth-order valence-corrected chi connectivity index (χ4v) is 2.72. The highest BCUT2D eigenvalue weighted by Crippen LogP contribution is 2.24. The Balaban J connectivity index is 2.82. The summed E-state index contributed by atoms with van der Waals surface area (Å²) in [5.74, 6) is 0.957. The number of rotatable bonds is 7. The lowest BCUT2D eigenvalue weighted by Gasteiger charge is -2.30. The van der Waals surface area contributed by atoms with E-state index in [1.807, 2.05) is 12.1 Å². The maximum atomic E-state index is 5.45. The van der Waals surface area contributed by atoms with E-state index >= 15 is 0 Å². The zero-order valence-electron chi connectivity index (χ0n) is 12.6. The van der Waals surface area contributed by atoms with Gasteiger partial charge in [-0.05, 0) is 45.8 Å². The Kier molecular flexibility index (Phi) is 6.83. The van der Waals surface area contributed by atoms with Crippen LogP contribution in [-0.2, 0) is 6.54 Å². The van der Waals surface area contributed by atoms with E-state index in [0.29, 0.717) is 6.04 Å². The average molecular weight is 329 g/mol. The van der Waals surface area contributed by atoms with Gasteiger partial charge in [-0.1, -0.05) is 22.9 Å². The van der Waals surface area contributed by atoms with Crippen molar-refractivity contribution in [3.05, 3.63) is 28.2 Å². The summed E-state index contributed by atoms with van der Waals surface area (Å²) in [6.07, 6.45) is 0. The first-order valence-corrected chi connectivity index (χ1v) is 7.48. The molecular formula is C15H25BrN2O. The largest absolute Gasteiger partial charge is 0.496 e. The monoisotopic (exact) mass is 328 g/mol. The second-order valence-corrected chi connectivity index (χ2v) is 6.05. The third-order valence-electron chi connectivity index (χ3n) is 3.27. The van der Waals surface area contributed by atoms with Gasteiger partial charge in [0.05, 0.1) is 7.11 Å². The van der Waals surface area contributed by atoms with E-state index in [4.69, 9.17) is 4.74 Å². The lowest BCUT2D eigenvalue weighted by Crippen LogP contribution is -2.39. The summed E-state index contributed by atoms with van der Waals surface area (Å²) < 4.78 is 6.55. The summed E-state index contributed by atoms with van der Waals surface area (Å²) >= 11 is 3.53. The number of hydrogen-bond donors (Lipinski definition) is 0. The van der Waals surface area contributed by atoms with Crippen LogP contribution in [0.5, 0.6) is 5.75 Å². The molecule has 1 atom stereocenters. The second-order valence-electron chi connectivity index (χ2n) is 5.13. The molecule has 0 aliphatic rings. The van der Waals surface area contributed by atoms with Crippen molar-refractivity contribution >= 4 is 15.9 Å². The van der Waals surface area contributed by atoms with Gasteiger partial charge >= 0.3 is 0 Å². The molecular weight excluding hydrogens is 304 g/mol. The van der Waals surface area contributed by atoms with E-state index in [-0.39, 0.29) is 0 Å². The summed E-state index contributed by atoms with van der Waals surface area (Å²) in [5.41, 5.74) is 1.23. The molecule has 1 aromatic carbocycles. The number of methoxy groups -OCH3 is 1. The number of halogens is 1. The van der Waals surface area contributed by atoms with Gasteiger partial charge in [-0.25, -0.2) is 0 Å². The third kappa shape index (κ3) is 5.13. The van der Waals surface area contributed by atoms with Gasteiger partial charge in [-0.2, -0.15) is 0 Å². The van der Waals surface area contributed by atoms with Crippen molar-refractivity contribution < 1.29 is 4.74 Å². The lowest BCUT2D eigenvalue weighted by atomic mass is 10.1. The molecule has 0 heterocycles. The topological polar surface area (TPSA) is 15.7 Å². The molecule has 19 heavy (non-hydrogen) atoms. The minimum Gasteiger partial charge on any atom is -0.496 e. The van der Waals surface area contributed by atoms with Crippen LogP contribution in [0.2, 0.25) is 0 Å². The standard InChI is InChI=1S/C15H25BrN2O/c1-6-18(12(2)10-17(3)4)11-13-9-14(16)7-8-15(13)19-5/h7-9,12H,6,10-11H2,1-5H3. The molecule has 1 unspecified atom stereocenters. The van der Waals surface area contributed by atoms with Crippen LogP contribution in [0.4, 0.5) is 0 Å². The Bertz CT molecular complexity index is 396. The van der Waals surface area contributed by atoms with Gasteiger partial charge in [0.25, 0.3) is 0 Å². The molecule has 0 aromatic heterocycles. The van der Waals surface area contributed by atoms with Crippen LogP contribution in [0.1, 0.15) is 19.4 Å². The van der Waals surface area contributed by atoms with E-state index < -0.39 is 0 Å². The highest BCUT2D eigenvalue weighted by molar-refractivity contribution is 9.10. The SMILES string of the molecule is CCN(Cc1cc(Br)ccc1OC)C(C)CN(C)C. The summed E-state index contributed by atoms with van der Waals surface area (Å²) in [6, 6.07) is 6.69. The van der Waals surface area contributed by atoms with Crippen LogP contribution in [0.3, 0.4) is 0 Å². The fourth-order valence-electron chi connectivity index (χ4n) is 2.31. The van der Waals surface area contributed by atoms with Crippen molar-refractivity contribution in [2.45, 2.75) is 26.4 Å². The Labute approximate surface area is 125 Å². The van der Waals surface area contributed by atoms with Crippen LogP contribution < -0.4 is 4.74 Å². The summed E-state index contributed by atoms with van der Waals surface area (Å²) in [4.78, 5) is 4.69. The predicted molar refractivity (Wildman–Crippen MR) is 84.8 cm³/mol. The van der Waals surface area contributed by atoms with E-state index in [1.165, 1.54) is 5.56 Å². The fraction of sp³-hybridized carbons (Fsp3) is 0.600. The van der Waals surface area contributed by atoms with E-state index in [0.717, 1.165) is 29.9 Å². The van der Waals surface area contributed by atoms with Crippen LogP contribution in [-0.4, -0.2) is 50.1 Å². The van der Waals surface area contributed by atoms with Crippen LogP contribution in [0, 0.1) is 0 Å². The van der Waals surface area contributed by atoms with Gasteiger partial charge in [-0.3, -0.25) is 4.90 Å². The number of likely N-dealkylation sites (N-methyl/N-ethyl adjacent to an activating group) is 2. The zero-order valence-corrected chi connectivity index (χ0v) is 14.2. The Morgan fingerprint density at radius 3 is 2.53 bits per heavy atom. The molecule has 3 nitrogen and oxygen atoms in total. The molecule has 0 aliphatic carbocycles. The van der Waals surface area contributed by atoms with Crippen molar-refractivity contribution in [3.63, 3.8) is 0 Å². The van der Waals surface area contributed by atoms with Crippen LogP contribution >= 0.6 is 15.9 Å². The molecule has 0 spiro atoms. The molecule has 1 rings (SSSR count). The van der Waals surface area contributed by atoms with E-state index in [1.54, 1.807) is 7.11 Å². The van der Waals surface area contributed by atoms with Crippen molar-refractivity contribution in [1.82, 2.24) is 9.80 Å². The Morgan fingerprint density at radius 1 is 1.32 bits per heavy atom. The number of hydrogen-bond acceptors (Lipinski definition) is 3. The molecule has 0 bridgehead atoms. The average Bonchev–Trinajstić information content (AvgIpc) is 2.35. The second kappa shape index (κ2) is 7.88. The predicted octanol–water partition coefficient (Wildman–Crippen LogP) is 3.23. The smallest absolute Gasteiger partial charge is 0.123 e. The Morgan fingerprint density at radius 2 is 2.00 bits per heavy atom. The summed E-state index contributed by atoms with van der Waals surface area (Å²) in [6.45, 7) is 7.48. The molecule has 0 amide bonds. The highest BCUT2D eigenvalue weighted by Gasteiger charge is 2.15. The quantitative estimate of drug-likeness (QED) is 0.764. The molecule has 1 aromatic rings. The van der Waals surface area contributed by atoms with Gasteiger partial charge in [0, 0.05) is 29.2 Å². The molecule has 108 valence electrons. The molecule has 0 fully saturated rings. The van der Waals surface area contributed by atoms with Crippen LogP contribution in [0.15, 0.2) is 22.7 Å². The number of ether oxygens (including phenoxy) is 1. The minimum absolute atomic E-state index is 0.517. The summed E-state index contributed by atoms with van der Waals surface area (Å²) in [7, 11) is 5.96. The highest BCUT2D eigenvalue weighted by atomic mass is 79.9. The van der Waals surface area contributed by atoms with Crippen molar-refractivity contribution in [2.75, 3.05) is 34.3 Å². The van der Waals surface area contributed by atoms with E-state index in [2.05, 4.69) is 59.7 Å². The molecule has 0 radical (unpaired) electrons. The number of nitrogens with zero attached hydrogens (tertiary/aromatic N) is 2. The first-order chi connectivity index (χ1) is 8.97. The van der Waals surface area contributed by atoms with Gasteiger partial charge in [0.2, 0.25) is 0 Å². The molecule has 4 heteroatoms. The third-order valence-corrected chi connectivity index (χ3v) is 3.77. The van der Waals surface area contributed by atoms with Gasteiger partial charge < -0.3 is 9.64 Å². The van der Waals surface area contributed by atoms with Crippen molar-refractivity contribution in [3.8, 4) is 5.75 Å². The van der Waals surface area contributed by atoms with Crippen molar-refractivity contribution in [2.24, 2.45) is 0 Å². The maximum Gasteiger partial charge on any atom is 0.123 e. The molecule has 0 N–H and O–H groups in total. The van der Waals surface area contributed by atoms with Gasteiger partial charge in [0.15, 0.2) is 0 Å². The van der Waals surface area contributed by atoms with Gasteiger partial charge in [0.1, 0.15) is 5.75 Å². The lowest BCUT2D eigenvalue weighted by molar-refractivity contribution is 0.172. The number of benzene rings is 1. The van der Waals surface area contributed by atoms with Crippen LogP contribution in [0.25, 0.3) is 0 Å².